The summed E-state index contributed by atoms with van der Waals surface area (Å²) in [6.45, 7) is 4.65. The Kier molecular flexibility index (Phi) is 3.67. The molecule has 166 valence electrons. The molecule has 4 nitrogen and oxygen atoms in total. The van der Waals surface area contributed by atoms with Crippen molar-refractivity contribution >= 4 is 65.4 Å². The number of nitrogens with zero attached hydrogens (tertiary/aromatic N) is 4. The van der Waals surface area contributed by atoms with Gasteiger partial charge in [0.2, 0.25) is 0 Å². The fraction of sp³-hybridized carbons (Fsp3) is 0.161. The van der Waals surface area contributed by atoms with E-state index in [9.17, 15) is 0 Å². The van der Waals surface area contributed by atoms with E-state index in [4.69, 9.17) is 9.97 Å². The zero-order chi connectivity index (χ0) is 23.3. The Balaban J connectivity index is 1.71. The highest BCUT2D eigenvalue weighted by molar-refractivity contribution is 6.26. The number of rotatable bonds is 0. The van der Waals surface area contributed by atoms with Crippen LogP contribution in [0.4, 0.5) is 0 Å². The van der Waals surface area contributed by atoms with Crippen LogP contribution in [0.5, 0.6) is 0 Å². The Morgan fingerprint density at radius 3 is 1.34 bits per heavy atom. The van der Waals surface area contributed by atoms with E-state index < -0.39 is 0 Å². The molecule has 0 N–H and O–H groups in total. The monoisotopic (exact) mass is 452 g/mol. The highest BCUT2D eigenvalue weighted by atomic mass is 15.1. The van der Waals surface area contributed by atoms with Crippen LogP contribution in [-0.4, -0.2) is 9.97 Å². The molecule has 4 heterocycles. The Labute approximate surface area is 202 Å². The zero-order valence-electron chi connectivity index (χ0n) is 19.7. The van der Waals surface area contributed by atoms with Crippen molar-refractivity contribution in [3.05, 3.63) is 85.2 Å². The first-order valence-corrected chi connectivity index (χ1v) is 12.4. The number of pyridine rings is 2. The lowest BCUT2D eigenvalue weighted by Gasteiger charge is -2.12. The molecule has 1 aliphatic rings. The molecule has 3 aromatic heterocycles. The maximum atomic E-state index is 5.42. The van der Waals surface area contributed by atoms with Gasteiger partial charge in [0.05, 0.1) is 28.2 Å². The summed E-state index contributed by atoms with van der Waals surface area (Å²) >= 11 is 0. The van der Waals surface area contributed by atoms with Gasteiger partial charge < -0.3 is 0 Å². The van der Waals surface area contributed by atoms with E-state index in [1.165, 1.54) is 32.6 Å². The Morgan fingerprint density at radius 1 is 0.514 bits per heavy atom. The maximum absolute atomic E-state index is 5.42. The van der Waals surface area contributed by atoms with E-state index in [0.717, 1.165) is 39.3 Å². The first kappa shape index (κ1) is 19.2. The predicted octanol–water partition coefficient (Wildman–Crippen LogP) is 6.50. The summed E-state index contributed by atoms with van der Waals surface area (Å²) in [6, 6.07) is 26.7. The molecular formula is C31H24N4+2. The molecule has 0 amide bonds. The summed E-state index contributed by atoms with van der Waals surface area (Å²) in [6.07, 6.45) is 5.53. The van der Waals surface area contributed by atoms with Crippen molar-refractivity contribution in [2.24, 2.45) is 0 Å². The topological polar surface area (TPSA) is 33.5 Å². The van der Waals surface area contributed by atoms with Gasteiger partial charge >= 0.3 is 0 Å². The highest BCUT2D eigenvalue weighted by Gasteiger charge is 2.35. The predicted molar refractivity (Wildman–Crippen MR) is 141 cm³/mol. The van der Waals surface area contributed by atoms with Crippen LogP contribution < -0.4 is 9.13 Å². The van der Waals surface area contributed by atoms with Gasteiger partial charge in [0.25, 0.3) is 11.0 Å². The zero-order valence-corrected chi connectivity index (χ0v) is 19.7. The van der Waals surface area contributed by atoms with Crippen LogP contribution in [0, 0.1) is 0 Å². The van der Waals surface area contributed by atoms with Crippen molar-refractivity contribution in [2.75, 3.05) is 0 Å². The fourth-order valence-corrected chi connectivity index (χ4v) is 6.42. The average molecular weight is 453 g/mol. The molecule has 2 atom stereocenters. The van der Waals surface area contributed by atoms with Crippen molar-refractivity contribution in [3.8, 4) is 0 Å². The van der Waals surface area contributed by atoms with E-state index in [2.05, 4.69) is 108 Å². The third-order valence-corrected chi connectivity index (χ3v) is 7.96. The van der Waals surface area contributed by atoms with E-state index in [1.54, 1.807) is 0 Å². The molecule has 0 radical (unpaired) electrons. The van der Waals surface area contributed by atoms with Crippen LogP contribution in [0.15, 0.2) is 85.2 Å². The van der Waals surface area contributed by atoms with Crippen LogP contribution in [0.25, 0.3) is 65.4 Å². The van der Waals surface area contributed by atoms with Gasteiger partial charge in [0.15, 0.2) is 24.5 Å². The van der Waals surface area contributed by atoms with Gasteiger partial charge in [-0.1, -0.05) is 48.5 Å². The Morgan fingerprint density at radius 2 is 0.886 bits per heavy atom. The lowest BCUT2D eigenvalue weighted by molar-refractivity contribution is -0.711. The van der Waals surface area contributed by atoms with Gasteiger partial charge in [-0.2, -0.15) is 9.13 Å². The summed E-state index contributed by atoms with van der Waals surface area (Å²) in [5, 5.41) is 7.10. The molecule has 1 aliphatic heterocycles. The number of fused-ring (bicyclic) bond motifs is 9. The molecule has 4 heteroatoms. The largest absolute Gasteiger partial charge is 0.287 e. The lowest BCUT2D eigenvalue weighted by atomic mass is 9.99. The van der Waals surface area contributed by atoms with Crippen LogP contribution in [0.3, 0.4) is 0 Å². The average Bonchev–Trinajstić information content (AvgIpc) is 3.02. The van der Waals surface area contributed by atoms with Crippen molar-refractivity contribution in [1.29, 1.82) is 0 Å². The van der Waals surface area contributed by atoms with Gasteiger partial charge in [0, 0.05) is 22.9 Å². The van der Waals surface area contributed by atoms with Gasteiger partial charge in [-0.15, -0.1) is 0 Å². The number of hydrogen-bond acceptors (Lipinski definition) is 2. The minimum absolute atomic E-state index is 0.396. The lowest BCUT2D eigenvalue weighted by Crippen LogP contribution is -2.39. The normalized spacial score (nSPS) is 17.9. The first-order valence-electron chi connectivity index (χ1n) is 12.4. The van der Waals surface area contributed by atoms with Gasteiger partial charge in [-0.3, -0.25) is 0 Å². The standard InChI is InChI=1S/C31H24N4/c1-18-17-19(2)35-16-8-14-25-29-28(24-13-7-15-34(18)30(24)31(25)35)32-26-22-11-5-3-9-20(22)21-10-4-6-12-23(21)27(26)33-29/h3-16,18-19H,17H2,1-2H3/q+2. The van der Waals surface area contributed by atoms with Crippen LogP contribution in [-0.2, 0) is 0 Å². The second-order valence-electron chi connectivity index (χ2n) is 10.00. The summed E-state index contributed by atoms with van der Waals surface area (Å²) < 4.78 is 4.89. The van der Waals surface area contributed by atoms with Gasteiger partial charge in [-0.25, -0.2) is 9.97 Å². The van der Waals surface area contributed by atoms with E-state index in [1.807, 2.05) is 0 Å². The van der Waals surface area contributed by atoms with Crippen LogP contribution in [0.1, 0.15) is 32.4 Å². The van der Waals surface area contributed by atoms with E-state index in [-0.39, 0.29) is 0 Å². The molecule has 2 unspecified atom stereocenters. The number of aromatic nitrogens is 4. The van der Waals surface area contributed by atoms with Crippen LogP contribution in [0.2, 0.25) is 0 Å². The van der Waals surface area contributed by atoms with E-state index in [0.29, 0.717) is 12.1 Å². The fourth-order valence-electron chi connectivity index (χ4n) is 6.42. The minimum Gasteiger partial charge on any atom is -0.243 e. The molecule has 0 fully saturated rings. The maximum Gasteiger partial charge on any atom is 0.287 e. The molecule has 0 saturated heterocycles. The SMILES string of the molecule is CC1CC(C)[n+]2cccc3c4nc5c6ccccc6c6ccccc6c5nc4c4ccc[n+]1c4c32. The summed E-state index contributed by atoms with van der Waals surface area (Å²) in [4.78, 5) is 10.8. The molecular weight excluding hydrogens is 428 g/mol. The number of hydrogen-bond donors (Lipinski definition) is 0. The van der Waals surface area contributed by atoms with E-state index >= 15 is 0 Å². The molecule has 0 bridgehead atoms. The molecule has 7 aromatic rings. The molecule has 0 aliphatic carbocycles. The Hall–Kier alpha value is -4.18. The van der Waals surface area contributed by atoms with Crippen molar-refractivity contribution in [3.63, 3.8) is 0 Å². The molecule has 8 rings (SSSR count). The Bertz CT molecular complexity index is 1880. The number of benzene rings is 4. The smallest absolute Gasteiger partial charge is 0.243 e. The minimum atomic E-state index is 0.396. The summed E-state index contributed by atoms with van der Waals surface area (Å²) in [7, 11) is 0. The molecule has 0 spiro atoms. The second kappa shape index (κ2) is 6.70. The van der Waals surface area contributed by atoms with Gasteiger partial charge in [0.1, 0.15) is 11.0 Å². The summed E-state index contributed by atoms with van der Waals surface area (Å²) in [5.41, 5.74) is 6.42. The van der Waals surface area contributed by atoms with Crippen molar-refractivity contribution in [1.82, 2.24) is 9.97 Å². The second-order valence-corrected chi connectivity index (χ2v) is 10.00. The van der Waals surface area contributed by atoms with Gasteiger partial charge in [-0.05, 0) is 36.8 Å². The molecule has 0 saturated carbocycles. The van der Waals surface area contributed by atoms with Crippen LogP contribution >= 0.6 is 0 Å². The summed E-state index contributed by atoms with van der Waals surface area (Å²) in [5.74, 6) is 0. The first-order chi connectivity index (χ1) is 17.2. The quantitative estimate of drug-likeness (QED) is 0.150. The molecule has 4 aromatic carbocycles. The van der Waals surface area contributed by atoms with Crippen molar-refractivity contribution in [2.45, 2.75) is 32.4 Å². The third-order valence-electron chi connectivity index (χ3n) is 7.96. The molecule has 35 heavy (non-hydrogen) atoms. The third kappa shape index (κ3) is 2.41. The van der Waals surface area contributed by atoms with Crippen molar-refractivity contribution < 1.29 is 9.13 Å². The highest BCUT2D eigenvalue weighted by Crippen LogP contribution is 2.38.